The standard InChI is InChI=1S/C40H49N5O9S/c1-3-24-21-40(24,37(49)44-55(51,52)27-17-18-27)43-34(47)31-19-26-22-45(31)36(48)32(23-11-7-8-12-23)42-38(50)54-39(2)20-25(39)13-5-4-6-15-29-33(46)28-14-9-10-16-30(28)41-35(29)53-26/h3-4,6,9-10,14,16,23-27,31-32H,1,5,7-8,11-13,15,17-22H2,2H3,(H,41,46)(H,42,50)(H,43,47)(H,44,49)/b6-4+/t24-,25-,26-,31+,32+,39-,40-/m1/s1. The number of hydrogen-bond acceptors (Lipinski definition) is 9. The molecule has 55 heavy (non-hydrogen) atoms. The van der Waals surface area contributed by atoms with Gasteiger partial charge in [-0.1, -0.05) is 43.2 Å². The summed E-state index contributed by atoms with van der Waals surface area (Å²) in [5.41, 5.74) is -1.43. The van der Waals surface area contributed by atoms with E-state index >= 15 is 0 Å². The number of H-pyrrole nitrogens is 1. The summed E-state index contributed by atoms with van der Waals surface area (Å²) in [6.45, 7) is 5.63. The van der Waals surface area contributed by atoms with Crippen LogP contribution in [0.2, 0.25) is 0 Å². The summed E-state index contributed by atoms with van der Waals surface area (Å²) >= 11 is 0. The van der Waals surface area contributed by atoms with Crippen LogP contribution in [-0.4, -0.2) is 83.2 Å². The van der Waals surface area contributed by atoms with E-state index < -0.39 is 74.3 Å². The molecule has 2 bridgehead atoms. The van der Waals surface area contributed by atoms with E-state index in [1.54, 1.807) is 18.2 Å². The summed E-state index contributed by atoms with van der Waals surface area (Å²) in [5.74, 6) is -2.32. The number of para-hydroxylation sites is 1. The van der Waals surface area contributed by atoms with Crippen molar-refractivity contribution >= 4 is 44.7 Å². The van der Waals surface area contributed by atoms with E-state index in [2.05, 4.69) is 26.9 Å². The van der Waals surface area contributed by atoms with Gasteiger partial charge in [0, 0.05) is 23.6 Å². The van der Waals surface area contributed by atoms with Crippen molar-refractivity contribution in [1.29, 1.82) is 0 Å². The van der Waals surface area contributed by atoms with Gasteiger partial charge in [0.05, 0.1) is 22.9 Å². The number of carbonyl (C=O) groups excluding carboxylic acids is 4. The number of aromatic amines is 1. The lowest BCUT2D eigenvalue weighted by Gasteiger charge is -2.32. The summed E-state index contributed by atoms with van der Waals surface area (Å²) in [6.07, 6.45) is 10.7. The molecule has 4 amide bonds. The molecule has 4 aliphatic carbocycles. The maximum absolute atomic E-state index is 14.8. The van der Waals surface area contributed by atoms with Crippen LogP contribution in [0.5, 0.6) is 5.88 Å². The first kappa shape index (κ1) is 37.3. The Hall–Kier alpha value is -4.66. The predicted octanol–water partition coefficient (Wildman–Crippen LogP) is 3.50. The minimum atomic E-state index is -3.91. The van der Waals surface area contributed by atoms with Crippen LogP contribution >= 0.6 is 0 Å². The van der Waals surface area contributed by atoms with Gasteiger partial charge in [-0.3, -0.25) is 23.9 Å². The summed E-state index contributed by atoms with van der Waals surface area (Å²) in [4.78, 5) is 74.8. The fourth-order valence-electron chi connectivity index (χ4n) is 8.90. The second-order valence-corrected chi connectivity index (χ2v) is 18.5. The van der Waals surface area contributed by atoms with Crippen molar-refractivity contribution in [1.82, 2.24) is 25.2 Å². The molecule has 3 heterocycles. The molecule has 1 saturated heterocycles. The molecular formula is C40H49N5O9S. The number of amides is 4. The molecule has 1 aromatic heterocycles. The number of aromatic nitrogens is 1. The number of pyridine rings is 1. The third kappa shape index (κ3) is 7.27. The summed E-state index contributed by atoms with van der Waals surface area (Å²) < 4.78 is 40.2. The summed E-state index contributed by atoms with van der Waals surface area (Å²) in [6, 6.07) is 5.01. The number of rotatable bonds is 7. The quantitative estimate of drug-likeness (QED) is 0.305. The van der Waals surface area contributed by atoms with Crippen molar-refractivity contribution in [3.05, 3.63) is 64.9 Å². The van der Waals surface area contributed by atoms with Gasteiger partial charge >= 0.3 is 6.09 Å². The first-order chi connectivity index (χ1) is 26.3. The van der Waals surface area contributed by atoms with Crippen LogP contribution in [0.3, 0.4) is 0 Å². The van der Waals surface area contributed by atoms with Crippen LogP contribution in [0, 0.1) is 17.8 Å². The number of fused-ring (bicyclic) bond motifs is 5. The van der Waals surface area contributed by atoms with E-state index in [0.717, 1.165) is 25.7 Å². The average Bonchev–Trinajstić information content (AvgIpc) is 4.11. The molecule has 0 radical (unpaired) electrons. The molecule has 6 aliphatic rings. The van der Waals surface area contributed by atoms with Crippen LogP contribution in [0.15, 0.2) is 53.9 Å². The second-order valence-electron chi connectivity index (χ2n) is 16.5. The van der Waals surface area contributed by atoms with Gasteiger partial charge in [0.1, 0.15) is 29.3 Å². The van der Waals surface area contributed by atoms with Crippen molar-refractivity contribution < 1.29 is 37.1 Å². The molecule has 0 spiro atoms. The zero-order chi connectivity index (χ0) is 38.7. The lowest BCUT2D eigenvalue weighted by atomic mass is 9.96. The van der Waals surface area contributed by atoms with Crippen LogP contribution in [0.4, 0.5) is 4.79 Å². The molecule has 294 valence electrons. The van der Waals surface area contributed by atoms with Gasteiger partial charge in [-0.25, -0.2) is 13.2 Å². The largest absolute Gasteiger partial charge is 0.473 e. The number of carbonyl (C=O) groups is 4. The van der Waals surface area contributed by atoms with Gasteiger partial charge in [-0.05, 0) is 82.8 Å². The molecule has 14 nitrogen and oxygen atoms in total. The van der Waals surface area contributed by atoms with E-state index in [0.29, 0.717) is 48.6 Å². The maximum atomic E-state index is 14.8. The van der Waals surface area contributed by atoms with Crippen LogP contribution in [0.1, 0.15) is 83.1 Å². The fourth-order valence-corrected chi connectivity index (χ4v) is 10.3. The highest BCUT2D eigenvalue weighted by Crippen LogP contribution is 2.50. The lowest BCUT2D eigenvalue weighted by Crippen LogP contribution is -2.59. The van der Waals surface area contributed by atoms with Crippen LogP contribution < -0.4 is 25.5 Å². The van der Waals surface area contributed by atoms with Crippen molar-refractivity contribution in [2.24, 2.45) is 17.8 Å². The normalized spacial score (nSPS) is 33.1. The lowest BCUT2D eigenvalue weighted by molar-refractivity contribution is -0.142. The number of allylic oxidation sites excluding steroid dienone is 2. The topological polar surface area (TPSA) is 193 Å². The minimum absolute atomic E-state index is 0.000121. The Labute approximate surface area is 319 Å². The number of nitrogens with one attached hydrogen (secondary N) is 4. The maximum Gasteiger partial charge on any atom is 0.408 e. The third-order valence-corrected chi connectivity index (χ3v) is 14.4. The Balaban J connectivity index is 1.14. The number of benzene rings is 1. The average molecular weight is 776 g/mol. The van der Waals surface area contributed by atoms with Gasteiger partial charge in [0.25, 0.3) is 5.91 Å². The molecule has 4 N–H and O–H groups in total. The monoisotopic (exact) mass is 775 g/mol. The molecule has 2 aliphatic heterocycles. The number of hydrogen-bond donors (Lipinski definition) is 4. The molecule has 15 heteroatoms. The molecule has 5 fully saturated rings. The predicted molar refractivity (Wildman–Crippen MR) is 202 cm³/mol. The Morgan fingerprint density at radius 2 is 1.80 bits per heavy atom. The van der Waals surface area contributed by atoms with E-state index in [1.807, 2.05) is 25.1 Å². The van der Waals surface area contributed by atoms with Gasteiger partial charge < -0.3 is 30.0 Å². The Kier molecular flexibility index (Phi) is 9.57. The molecule has 7 atom stereocenters. The smallest absolute Gasteiger partial charge is 0.408 e. The zero-order valence-corrected chi connectivity index (χ0v) is 31.8. The minimum Gasteiger partial charge on any atom is -0.473 e. The molecule has 1 aromatic carbocycles. The Morgan fingerprint density at radius 3 is 2.53 bits per heavy atom. The van der Waals surface area contributed by atoms with Crippen LogP contribution in [0.25, 0.3) is 10.9 Å². The number of alkyl carbamates (subject to hydrolysis) is 1. The van der Waals surface area contributed by atoms with Gasteiger partial charge in [-0.15, -0.1) is 6.58 Å². The van der Waals surface area contributed by atoms with Crippen molar-refractivity contribution in [3.8, 4) is 5.88 Å². The number of ether oxygens (including phenoxy) is 2. The fraction of sp³-hybridized carbons (Fsp3) is 0.575. The van der Waals surface area contributed by atoms with E-state index in [9.17, 15) is 32.4 Å². The SMILES string of the molecule is C=C[C@@H]1C[C@]1(NC(=O)[C@@H]1C[C@@H]2CN1C(=O)[C@H](C1CCCC1)NC(=O)O[C@]1(C)C[C@H]1CC/C=C/Cc1c([nH]c3ccccc3c1=O)O2)C(=O)NS(=O)(=O)C1CC1. The first-order valence-electron chi connectivity index (χ1n) is 19.6. The van der Waals surface area contributed by atoms with Crippen molar-refractivity contribution in [2.75, 3.05) is 6.54 Å². The van der Waals surface area contributed by atoms with E-state index in [-0.39, 0.29) is 49.0 Å². The Morgan fingerprint density at radius 1 is 1.04 bits per heavy atom. The summed E-state index contributed by atoms with van der Waals surface area (Å²) in [5, 5.41) is 5.57. The van der Waals surface area contributed by atoms with Crippen molar-refractivity contribution in [2.45, 2.75) is 119 Å². The van der Waals surface area contributed by atoms with Crippen molar-refractivity contribution in [3.63, 3.8) is 0 Å². The third-order valence-electron chi connectivity index (χ3n) is 12.6. The van der Waals surface area contributed by atoms with Gasteiger partial charge in [-0.2, -0.15) is 0 Å². The molecule has 4 saturated carbocycles. The first-order valence-corrected chi connectivity index (χ1v) is 21.1. The highest BCUT2D eigenvalue weighted by molar-refractivity contribution is 7.91. The van der Waals surface area contributed by atoms with Gasteiger partial charge in [0.2, 0.25) is 21.8 Å². The van der Waals surface area contributed by atoms with Gasteiger partial charge in [0.15, 0.2) is 11.3 Å². The molecule has 8 rings (SSSR count). The molecule has 0 unspecified atom stereocenters. The van der Waals surface area contributed by atoms with E-state index in [4.69, 9.17) is 9.47 Å². The highest BCUT2D eigenvalue weighted by atomic mass is 32.2. The molecular weight excluding hydrogens is 727 g/mol. The zero-order valence-electron chi connectivity index (χ0n) is 31.0. The van der Waals surface area contributed by atoms with E-state index in [1.165, 1.54) is 11.0 Å². The van der Waals surface area contributed by atoms with Crippen LogP contribution in [-0.2, 0) is 35.6 Å². The molecule has 2 aromatic rings. The number of sulfonamides is 1. The second kappa shape index (κ2) is 14.1. The number of nitrogens with zero attached hydrogens (tertiary/aromatic N) is 1. The Bertz CT molecular complexity index is 2130. The summed E-state index contributed by atoms with van der Waals surface area (Å²) in [7, 11) is -3.91. The highest BCUT2D eigenvalue weighted by Gasteiger charge is 2.62.